The Kier molecular flexibility index (Phi) is 6.29. The molecule has 0 aliphatic rings. The number of amides is 1. The quantitative estimate of drug-likeness (QED) is 0.793. The van der Waals surface area contributed by atoms with Crippen molar-refractivity contribution in [1.82, 2.24) is 10.6 Å². The Balaban J connectivity index is 2.55. The summed E-state index contributed by atoms with van der Waals surface area (Å²) in [4.78, 5) is 11.5. The van der Waals surface area contributed by atoms with Crippen molar-refractivity contribution in [2.24, 2.45) is 0 Å². The molecule has 2 N–H and O–H groups in total. The van der Waals surface area contributed by atoms with Crippen LogP contribution >= 0.6 is 0 Å². The van der Waals surface area contributed by atoms with Crippen LogP contribution < -0.4 is 15.4 Å². The van der Waals surface area contributed by atoms with Crippen LogP contribution in [0.4, 0.5) is 4.39 Å². The smallest absolute Gasteiger partial charge is 0.258 e. The van der Waals surface area contributed by atoms with Crippen LogP contribution in [0.5, 0.6) is 5.75 Å². The maximum atomic E-state index is 13.3. The molecule has 0 saturated carbocycles. The van der Waals surface area contributed by atoms with Crippen molar-refractivity contribution in [3.05, 3.63) is 29.6 Å². The highest BCUT2D eigenvalue weighted by Gasteiger charge is 2.07. The summed E-state index contributed by atoms with van der Waals surface area (Å²) >= 11 is 0. The van der Waals surface area contributed by atoms with Crippen molar-refractivity contribution in [1.29, 1.82) is 0 Å². The van der Waals surface area contributed by atoms with Gasteiger partial charge in [-0.25, -0.2) is 4.39 Å². The lowest BCUT2D eigenvalue weighted by Crippen LogP contribution is -2.35. The van der Waals surface area contributed by atoms with Crippen LogP contribution in [-0.4, -0.2) is 25.6 Å². The predicted molar refractivity (Wildman–Crippen MR) is 72.6 cm³/mol. The maximum Gasteiger partial charge on any atom is 0.258 e. The first-order valence-electron chi connectivity index (χ1n) is 6.41. The molecule has 0 spiro atoms. The Labute approximate surface area is 113 Å². The van der Waals surface area contributed by atoms with Gasteiger partial charge in [0, 0.05) is 18.7 Å². The highest BCUT2D eigenvalue weighted by molar-refractivity contribution is 5.77. The molecule has 0 aromatic heterocycles. The first-order valence-corrected chi connectivity index (χ1v) is 6.41. The van der Waals surface area contributed by atoms with Gasteiger partial charge in [0.25, 0.3) is 5.91 Å². The lowest BCUT2D eigenvalue weighted by Gasteiger charge is -2.12. The summed E-state index contributed by atoms with van der Waals surface area (Å²) in [5.41, 5.74) is 0.778. The molecule has 0 saturated heterocycles. The predicted octanol–water partition coefficient (Wildman–Crippen LogP) is 1.84. The number of hydrogen-bond acceptors (Lipinski definition) is 3. The van der Waals surface area contributed by atoms with E-state index >= 15 is 0 Å². The number of carbonyl (C=O) groups is 1. The molecule has 1 unspecified atom stereocenters. The summed E-state index contributed by atoms with van der Waals surface area (Å²) in [5, 5.41) is 5.72. The van der Waals surface area contributed by atoms with E-state index in [1.165, 1.54) is 12.1 Å². The van der Waals surface area contributed by atoms with Crippen LogP contribution in [0.1, 0.15) is 25.8 Å². The normalized spacial score (nSPS) is 12.0. The van der Waals surface area contributed by atoms with Crippen LogP contribution in [-0.2, 0) is 11.3 Å². The number of carbonyl (C=O) groups excluding carboxylic acids is 1. The summed E-state index contributed by atoms with van der Waals surface area (Å²) < 4.78 is 18.6. The molecule has 1 atom stereocenters. The molecule has 0 heterocycles. The van der Waals surface area contributed by atoms with Gasteiger partial charge in [-0.2, -0.15) is 0 Å². The minimum absolute atomic E-state index is 0.104. The Bertz CT molecular complexity index is 424. The zero-order chi connectivity index (χ0) is 14.3. The van der Waals surface area contributed by atoms with Crippen molar-refractivity contribution in [2.45, 2.75) is 32.9 Å². The lowest BCUT2D eigenvalue weighted by atomic mass is 10.2. The van der Waals surface area contributed by atoms with E-state index in [9.17, 15) is 9.18 Å². The molecule has 0 radical (unpaired) electrons. The van der Waals surface area contributed by atoms with Gasteiger partial charge in [0.1, 0.15) is 11.6 Å². The van der Waals surface area contributed by atoms with E-state index in [-0.39, 0.29) is 24.4 Å². The maximum absolute atomic E-state index is 13.3. The second-order valence-corrected chi connectivity index (χ2v) is 4.49. The number of ether oxygens (including phenoxy) is 1. The van der Waals surface area contributed by atoms with Gasteiger partial charge in [-0.3, -0.25) is 4.79 Å². The van der Waals surface area contributed by atoms with Crippen molar-refractivity contribution in [2.75, 3.05) is 13.7 Å². The molecule has 5 heteroatoms. The highest BCUT2D eigenvalue weighted by atomic mass is 19.1. The van der Waals surface area contributed by atoms with E-state index in [0.717, 1.165) is 12.0 Å². The molecule has 0 aliphatic heterocycles. The van der Waals surface area contributed by atoms with Gasteiger partial charge >= 0.3 is 0 Å². The van der Waals surface area contributed by atoms with E-state index in [2.05, 4.69) is 10.6 Å². The molecule has 0 aliphatic carbocycles. The average Bonchev–Trinajstić information content (AvgIpc) is 2.36. The average molecular weight is 268 g/mol. The van der Waals surface area contributed by atoms with E-state index in [0.29, 0.717) is 12.3 Å². The van der Waals surface area contributed by atoms with E-state index in [1.807, 2.05) is 13.8 Å². The third-order valence-electron chi connectivity index (χ3n) is 2.70. The monoisotopic (exact) mass is 268 g/mol. The summed E-state index contributed by atoms with van der Waals surface area (Å²) in [6.07, 6.45) is 0.859. The third kappa shape index (κ3) is 5.70. The first-order chi connectivity index (χ1) is 9.05. The fourth-order valence-corrected chi connectivity index (χ4v) is 1.58. The van der Waals surface area contributed by atoms with Gasteiger partial charge in [-0.1, -0.05) is 6.92 Å². The first kappa shape index (κ1) is 15.4. The Morgan fingerprint density at radius 3 is 2.79 bits per heavy atom. The number of benzene rings is 1. The molecule has 4 nitrogen and oxygen atoms in total. The van der Waals surface area contributed by atoms with Crippen LogP contribution in [0.15, 0.2) is 18.2 Å². The second kappa shape index (κ2) is 7.74. The number of rotatable bonds is 7. The van der Waals surface area contributed by atoms with E-state index < -0.39 is 0 Å². The van der Waals surface area contributed by atoms with Gasteiger partial charge in [0.2, 0.25) is 0 Å². The van der Waals surface area contributed by atoms with Gasteiger partial charge in [-0.15, -0.1) is 0 Å². The zero-order valence-corrected chi connectivity index (χ0v) is 11.6. The molecule has 1 aromatic rings. The largest absolute Gasteiger partial charge is 0.484 e. The third-order valence-corrected chi connectivity index (χ3v) is 2.70. The topological polar surface area (TPSA) is 50.4 Å². The van der Waals surface area contributed by atoms with Crippen LogP contribution in [0.25, 0.3) is 0 Å². The van der Waals surface area contributed by atoms with Crippen LogP contribution in [0.2, 0.25) is 0 Å². The molecular formula is C14H21FN2O2. The van der Waals surface area contributed by atoms with E-state index in [1.54, 1.807) is 13.1 Å². The Hall–Kier alpha value is -1.62. The van der Waals surface area contributed by atoms with Crippen LogP contribution in [0, 0.1) is 5.82 Å². The summed E-state index contributed by atoms with van der Waals surface area (Å²) in [5.74, 6) is -0.205. The van der Waals surface area contributed by atoms with Crippen molar-refractivity contribution in [3.8, 4) is 5.75 Å². The fourth-order valence-electron chi connectivity index (χ4n) is 1.58. The fraction of sp³-hybridized carbons (Fsp3) is 0.500. The Morgan fingerprint density at radius 2 is 2.16 bits per heavy atom. The standard InChI is InChI=1S/C14H21FN2O2/c1-4-10(2)17-14(18)9-19-13-6-11(8-16-3)5-12(15)7-13/h5-7,10,16H,4,8-9H2,1-3H3,(H,17,18). The molecular weight excluding hydrogens is 247 g/mol. The molecule has 19 heavy (non-hydrogen) atoms. The van der Waals surface area contributed by atoms with E-state index in [4.69, 9.17) is 4.74 Å². The molecule has 0 fully saturated rings. The SMILES string of the molecule is CCC(C)NC(=O)COc1cc(F)cc(CNC)c1. The molecule has 1 amide bonds. The second-order valence-electron chi connectivity index (χ2n) is 4.49. The van der Waals surface area contributed by atoms with Gasteiger partial charge in [-0.05, 0) is 38.1 Å². The lowest BCUT2D eigenvalue weighted by molar-refractivity contribution is -0.123. The van der Waals surface area contributed by atoms with Crippen molar-refractivity contribution < 1.29 is 13.9 Å². The summed E-state index contributed by atoms with van der Waals surface area (Å²) in [6.45, 7) is 4.35. The van der Waals surface area contributed by atoms with Crippen LogP contribution in [0.3, 0.4) is 0 Å². The van der Waals surface area contributed by atoms with Gasteiger partial charge in [0.05, 0.1) is 0 Å². The molecule has 106 valence electrons. The molecule has 0 bridgehead atoms. The van der Waals surface area contributed by atoms with Gasteiger partial charge < -0.3 is 15.4 Å². The summed E-state index contributed by atoms with van der Waals surface area (Å²) in [7, 11) is 1.78. The highest BCUT2D eigenvalue weighted by Crippen LogP contribution is 2.16. The molecule has 1 rings (SSSR count). The minimum atomic E-state index is -0.370. The number of halogens is 1. The minimum Gasteiger partial charge on any atom is -0.484 e. The van der Waals surface area contributed by atoms with Crippen molar-refractivity contribution in [3.63, 3.8) is 0 Å². The number of hydrogen-bond donors (Lipinski definition) is 2. The zero-order valence-electron chi connectivity index (χ0n) is 11.6. The Morgan fingerprint density at radius 1 is 1.42 bits per heavy atom. The van der Waals surface area contributed by atoms with Crippen molar-refractivity contribution >= 4 is 5.91 Å². The van der Waals surface area contributed by atoms with Gasteiger partial charge in [0.15, 0.2) is 6.61 Å². The number of nitrogens with one attached hydrogen (secondary N) is 2. The molecule has 1 aromatic carbocycles. The summed E-state index contributed by atoms with van der Waals surface area (Å²) in [6, 6.07) is 4.54.